The smallest absolute Gasteiger partial charge is 0.259 e. The molecule has 0 saturated carbocycles. The van der Waals surface area contributed by atoms with Crippen molar-refractivity contribution in [2.75, 3.05) is 13.1 Å². The van der Waals surface area contributed by atoms with Crippen molar-refractivity contribution in [3.05, 3.63) is 65.3 Å². The van der Waals surface area contributed by atoms with Crippen LogP contribution in [0.2, 0.25) is 0 Å². The van der Waals surface area contributed by atoms with Crippen molar-refractivity contribution in [3.63, 3.8) is 0 Å². The van der Waals surface area contributed by atoms with Crippen molar-refractivity contribution in [2.24, 2.45) is 0 Å². The van der Waals surface area contributed by atoms with E-state index in [4.69, 9.17) is 4.52 Å². The van der Waals surface area contributed by atoms with Gasteiger partial charge >= 0.3 is 0 Å². The van der Waals surface area contributed by atoms with E-state index in [1.807, 2.05) is 42.4 Å². The van der Waals surface area contributed by atoms with Crippen LogP contribution >= 0.6 is 0 Å². The number of likely N-dealkylation sites (tertiary alicyclic amines) is 1. The number of hydrogen-bond donors (Lipinski definition) is 0. The Morgan fingerprint density at radius 1 is 1.26 bits per heavy atom. The highest BCUT2D eigenvalue weighted by Crippen LogP contribution is 2.28. The van der Waals surface area contributed by atoms with Gasteiger partial charge in [-0.2, -0.15) is 0 Å². The Labute approximate surface area is 158 Å². The van der Waals surface area contributed by atoms with Gasteiger partial charge < -0.3 is 14.0 Å². The molecule has 27 heavy (non-hydrogen) atoms. The van der Waals surface area contributed by atoms with Gasteiger partial charge in [-0.15, -0.1) is 0 Å². The Kier molecular flexibility index (Phi) is 4.75. The van der Waals surface area contributed by atoms with E-state index in [9.17, 15) is 4.79 Å². The first kappa shape index (κ1) is 17.5. The van der Waals surface area contributed by atoms with E-state index >= 15 is 0 Å². The number of imidazole rings is 1. The van der Waals surface area contributed by atoms with Crippen LogP contribution in [0.25, 0.3) is 0 Å². The van der Waals surface area contributed by atoms with Crippen molar-refractivity contribution in [2.45, 2.75) is 39.2 Å². The summed E-state index contributed by atoms with van der Waals surface area (Å²) < 4.78 is 7.31. The topological polar surface area (TPSA) is 77.0 Å². The molecule has 4 rings (SSSR count). The number of piperidine rings is 1. The molecule has 1 amide bonds. The molecule has 1 fully saturated rings. The van der Waals surface area contributed by atoms with Gasteiger partial charge in [0.15, 0.2) is 0 Å². The molecule has 1 aliphatic rings. The summed E-state index contributed by atoms with van der Waals surface area (Å²) in [6.45, 7) is 5.69. The molecule has 4 heterocycles. The van der Waals surface area contributed by atoms with Crippen LogP contribution in [0.1, 0.15) is 52.1 Å². The second-order valence-corrected chi connectivity index (χ2v) is 7.02. The monoisotopic (exact) mass is 365 g/mol. The third-order valence-electron chi connectivity index (χ3n) is 5.13. The van der Waals surface area contributed by atoms with E-state index in [2.05, 4.69) is 19.7 Å². The van der Waals surface area contributed by atoms with Crippen LogP contribution in [0, 0.1) is 13.8 Å². The molecule has 0 aromatic carbocycles. The average molecular weight is 365 g/mol. The molecule has 0 radical (unpaired) electrons. The Balaban J connectivity index is 1.52. The molecule has 7 heteroatoms. The molecule has 3 aromatic heterocycles. The average Bonchev–Trinajstić information content (AvgIpc) is 3.28. The highest BCUT2D eigenvalue weighted by molar-refractivity contribution is 5.96. The summed E-state index contributed by atoms with van der Waals surface area (Å²) in [7, 11) is 0. The molecule has 1 aliphatic heterocycles. The van der Waals surface area contributed by atoms with Gasteiger partial charge in [-0.25, -0.2) is 4.98 Å². The number of pyridine rings is 1. The molecule has 7 nitrogen and oxygen atoms in total. The maximum Gasteiger partial charge on any atom is 0.259 e. The van der Waals surface area contributed by atoms with Gasteiger partial charge in [0.2, 0.25) is 0 Å². The highest BCUT2D eigenvalue weighted by atomic mass is 16.5. The van der Waals surface area contributed by atoms with Crippen molar-refractivity contribution >= 4 is 5.91 Å². The number of aromatic nitrogens is 4. The van der Waals surface area contributed by atoms with E-state index in [0.29, 0.717) is 30.1 Å². The largest absolute Gasteiger partial charge is 0.361 e. The Morgan fingerprint density at radius 3 is 2.89 bits per heavy atom. The zero-order valence-electron chi connectivity index (χ0n) is 15.6. The van der Waals surface area contributed by atoms with E-state index < -0.39 is 0 Å². The van der Waals surface area contributed by atoms with E-state index in [1.165, 1.54) is 0 Å². The van der Waals surface area contributed by atoms with Gasteiger partial charge in [0.05, 0.1) is 17.9 Å². The van der Waals surface area contributed by atoms with Gasteiger partial charge in [0.1, 0.15) is 17.1 Å². The van der Waals surface area contributed by atoms with Crippen LogP contribution < -0.4 is 0 Å². The van der Waals surface area contributed by atoms with Crippen LogP contribution in [0.5, 0.6) is 0 Å². The standard InChI is InChI=1S/C20H23N5O2/c1-14-18(15(2)27-23-14)20(26)25-10-5-6-16(12-25)19-22-9-11-24(19)13-17-7-3-4-8-21-17/h3-4,7-9,11,16H,5-6,10,12-13H2,1-2H3/t16-/m0/s1. The van der Waals surface area contributed by atoms with Crippen LogP contribution in [0.15, 0.2) is 41.3 Å². The summed E-state index contributed by atoms with van der Waals surface area (Å²) in [5.74, 6) is 1.80. The van der Waals surface area contributed by atoms with Crippen LogP contribution in [-0.2, 0) is 6.54 Å². The molecular weight excluding hydrogens is 342 g/mol. The SMILES string of the molecule is Cc1noc(C)c1C(=O)N1CCC[C@H](c2nccn2Cc2ccccn2)C1. The predicted molar refractivity (Wildman–Crippen MR) is 99.4 cm³/mol. The maximum atomic E-state index is 13.0. The number of aryl methyl sites for hydroxylation is 2. The van der Waals surface area contributed by atoms with Crippen molar-refractivity contribution in [1.82, 2.24) is 24.6 Å². The second-order valence-electron chi connectivity index (χ2n) is 7.02. The first-order valence-corrected chi connectivity index (χ1v) is 9.26. The summed E-state index contributed by atoms with van der Waals surface area (Å²) in [6, 6.07) is 5.92. The molecule has 1 atom stereocenters. The number of carbonyl (C=O) groups excluding carboxylic acids is 1. The Hall–Kier alpha value is -2.96. The third-order valence-corrected chi connectivity index (χ3v) is 5.13. The molecule has 0 bridgehead atoms. The minimum atomic E-state index is -0.00113. The number of carbonyl (C=O) groups is 1. The fourth-order valence-corrected chi connectivity index (χ4v) is 3.80. The van der Waals surface area contributed by atoms with E-state index in [0.717, 1.165) is 30.9 Å². The summed E-state index contributed by atoms with van der Waals surface area (Å²) in [5, 5.41) is 3.92. The first-order valence-electron chi connectivity index (χ1n) is 9.26. The van der Waals surface area contributed by atoms with Crippen molar-refractivity contribution in [1.29, 1.82) is 0 Å². The molecule has 0 aliphatic carbocycles. The fraction of sp³-hybridized carbons (Fsp3) is 0.400. The Bertz CT molecular complexity index is 912. The quantitative estimate of drug-likeness (QED) is 0.710. The lowest BCUT2D eigenvalue weighted by molar-refractivity contribution is 0.0701. The highest BCUT2D eigenvalue weighted by Gasteiger charge is 2.30. The second kappa shape index (κ2) is 7.34. The van der Waals surface area contributed by atoms with Gasteiger partial charge in [-0.3, -0.25) is 9.78 Å². The van der Waals surface area contributed by atoms with Crippen LogP contribution in [-0.4, -0.2) is 43.6 Å². The van der Waals surface area contributed by atoms with Gasteiger partial charge in [0, 0.05) is 37.6 Å². The van der Waals surface area contributed by atoms with Gasteiger partial charge in [0.25, 0.3) is 5.91 Å². The number of rotatable bonds is 4. The minimum Gasteiger partial charge on any atom is -0.361 e. The summed E-state index contributed by atoms with van der Waals surface area (Å²) >= 11 is 0. The molecule has 0 spiro atoms. The lowest BCUT2D eigenvalue weighted by atomic mass is 9.96. The zero-order valence-corrected chi connectivity index (χ0v) is 15.6. The van der Waals surface area contributed by atoms with E-state index in [1.54, 1.807) is 13.1 Å². The van der Waals surface area contributed by atoms with E-state index in [-0.39, 0.29) is 11.8 Å². The molecule has 0 unspecified atom stereocenters. The van der Waals surface area contributed by atoms with Crippen molar-refractivity contribution in [3.8, 4) is 0 Å². The summed E-state index contributed by atoms with van der Waals surface area (Å²) in [5.41, 5.74) is 2.24. The third kappa shape index (κ3) is 3.49. The lowest BCUT2D eigenvalue weighted by Crippen LogP contribution is -2.40. The van der Waals surface area contributed by atoms with Crippen LogP contribution in [0.3, 0.4) is 0 Å². The fourth-order valence-electron chi connectivity index (χ4n) is 3.80. The van der Waals surface area contributed by atoms with Crippen LogP contribution in [0.4, 0.5) is 0 Å². The van der Waals surface area contributed by atoms with Gasteiger partial charge in [-0.1, -0.05) is 11.2 Å². The van der Waals surface area contributed by atoms with Gasteiger partial charge in [-0.05, 0) is 38.8 Å². The zero-order chi connectivity index (χ0) is 18.8. The first-order chi connectivity index (χ1) is 13.1. The molecule has 140 valence electrons. The maximum absolute atomic E-state index is 13.0. The molecule has 1 saturated heterocycles. The minimum absolute atomic E-state index is 0.00113. The lowest BCUT2D eigenvalue weighted by Gasteiger charge is -2.32. The summed E-state index contributed by atoms with van der Waals surface area (Å²) in [4.78, 5) is 23.9. The summed E-state index contributed by atoms with van der Waals surface area (Å²) in [6.07, 6.45) is 7.59. The normalized spacial score (nSPS) is 17.3. The van der Waals surface area contributed by atoms with Crippen molar-refractivity contribution < 1.29 is 9.32 Å². The Morgan fingerprint density at radius 2 is 2.15 bits per heavy atom. The molecule has 3 aromatic rings. The number of nitrogens with zero attached hydrogens (tertiary/aromatic N) is 5. The predicted octanol–water partition coefficient (Wildman–Crippen LogP) is 2.95. The molecule has 0 N–H and O–H groups in total. The number of hydrogen-bond acceptors (Lipinski definition) is 5. The number of amides is 1. The molecular formula is C20H23N5O2.